The van der Waals surface area contributed by atoms with Gasteiger partial charge in [-0.05, 0) is 6.92 Å². The van der Waals surface area contributed by atoms with E-state index in [9.17, 15) is 10.1 Å². The number of nitrogens with zero attached hydrogens (tertiary/aromatic N) is 2. The van der Waals surface area contributed by atoms with E-state index in [0.717, 1.165) is 21.1 Å². The van der Waals surface area contributed by atoms with Gasteiger partial charge in [-0.3, -0.25) is 0 Å². The summed E-state index contributed by atoms with van der Waals surface area (Å²) in [6.45, 7) is 1.78. The molecule has 1 aromatic heterocycles. The topological polar surface area (TPSA) is 65.3 Å². The number of aromatic nitrogens is 1. The molecule has 0 radical (unpaired) electrons. The van der Waals surface area contributed by atoms with Gasteiger partial charge in [0.05, 0.1) is 10.6 Å². The van der Waals surface area contributed by atoms with Crippen LogP contribution in [-0.2, 0) is 11.4 Å². The summed E-state index contributed by atoms with van der Waals surface area (Å²) in [4.78, 5) is 19.6. The lowest BCUT2D eigenvalue weighted by Crippen LogP contribution is -1.99. The first-order valence-corrected chi connectivity index (χ1v) is 5.77. The predicted octanol–water partition coefficient (Wildman–Crippen LogP) is 2.83. The second kappa shape index (κ2) is 4.92. The van der Waals surface area contributed by atoms with Gasteiger partial charge in [0.25, 0.3) is 5.09 Å². The molecule has 0 aliphatic rings. The smallest absolute Gasteiger partial charge is 0.294 e. The molecule has 0 spiro atoms. The lowest BCUT2D eigenvalue weighted by atomic mass is 10.2. The van der Waals surface area contributed by atoms with Crippen LogP contribution in [0.2, 0.25) is 0 Å². The largest absolute Gasteiger partial charge is 0.308 e. The fraction of sp³-hybridized carbons (Fsp3) is 0.182. The Kier molecular flexibility index (Phi) is 3.34. The van der Waals surface area contributed by atoms with E-state index in [-0.39, 0.29) is 6.61 Å². The van der Waals surface area contributed by atoms with Crippen molar-refractivity contribution in [1.82, 2.24) is 4.98 Å². The molecule has 2 aromatic rings. The summed E-state index contributed by atoms with van der Waals surface area (Å²) >= 11 is 1.41. The Morgan fingerprint density at radius 1 is 1.41 bits per heavy atom. The van der Waals surface area contributed by atoms with Crippen LogP contribution in [0.3, 0.4) is 0 Å². The maximum absolute atomic E-state index is 10.1. The van der Waals surface area contributed by atoms with Crippen molar-refractivity contribution in [3.8, 4) is 10.6 Å². The predicted molar refractivity (Wildman–Crippen MR) is 64.1 cm³/mol. The van der Waals surface area contributed by atoms with Gasteiger partial charge in [-0.2, -0.15) is 0 Å². The Bertz CT molecular complexity index is 525. The fourth-order valence-electron chi connectivity index (χ4n) is 1.38. The fourth-order valence-corrected chi connectivity index (χ4v) is 2.35. The van der Waals surface area contributed by atoms with Crippen molar-refractivity contribution >= 4 is 11.3 Å². The monoisotopic (exact) mass is 250 g/mol. The zero-order chi connectivity index (χ0) is 12.3. The van der Waals surface area contributed by atoms with Crippen molar-refractivity contribution in [1.29, 1.82) is 0 Å². The molecule has 0 saturated carbocycles. The molecular formula is C11H10N2O3S. The highest BCUT2D eigenvalue weighted by molar-refractivity contribution is 7.15. The van der Waals surface area contributed by atoms with Crippen LogP contribution in [0.1, 0.15) is 10.6 Å². The highest BCUT2D eigenvalue weighted by Gasteiger charge is 2.10. The Morgan fingerprint density at radius 3 is 2.76 bits per heavy atom. The van der Waals surface area contributed by atoms with Crippen molar-refractivity contribution in [2.75, 3.05) is 0 Å². The van der Waals surface area contributed by atoms with Crippen LogP contribution >= 0.6 is 11.3 Å². The molecule has 88 valence electrons. The van der Waals surface area contributed by atoms with Gasteiger partial charge in [0.1, 0.15) is 11.6 Å². The Labute approximate surface area is 102 Å². The van der Waals surface area contributed by atoms with E-state index >= 15 is 0 Å². The zero-order valence-electron chi connectivity index (χ0n) is 9.12. The van der Waals surface area contributed by atoms with Crippen molar-refractivity contribution in [3.63, 3.8) is 0 Å². The lowest BCUT2D eigenvalue weighted by Gasteiger charge is -1.95. The molecule has 0 fully saturated rings. The van der Waals surface area contributed by atoms with Gasteiger partial charge < -0.3 is 4.84 Å². The lowest BCUT2D eigenvalue weighted by molar-refractivity contribution is -0.762. The minimum absolute atomic E-state index is 0.0384. The maximum Gasteiger partial charge on any atom is 0.294 e. The normalized spacial score (nSPS) is 10.2. The minimum atomic E-state index is -0.790. The molecule has 5 nitrogen and oxygen atoms in total. The molecule has 0 aliphatic heterocycles. The van der Waals surface area contributed by atoms with Gasteiger partial charge in [0.15, 0.2) is 0 Å². The molecular weight excluding hydrogens is 240 g/mol. The molecule has 6 heteroatoms. The summed E-state index contributed by atoms with van der Waals surface area (Å²) in [6.07, 6.45) is 0. The number of benzene rings is 1. The summed E-state index contributed by atoms with van der Waals surface area (Å²) in [7, 11) is 0. The third kappa shape index (κ3) is 2.79. The Balaban J connectivity index is 2.22. The highest BCUT2D eigenvalue weighted by Crippen LogP contribution is 2.28. The first-order chi connectivity index (χ1) is 8.16. The van der Waals surface area contributed by atoms with Gasteiger partial charge >= 0.3 is 0 Å². The van der Waals surface area contributed by atoms with Crippen LogP contribution < -0.4 is 0 Å². The van der Waals surface area contributed by atoms with Crippen molar-refractivity contribution in [2.45, 2.75) is 13.5 Å². The van der Waals surface area contributed by atoms with Gasteiger partial charge in [-0.25, -0.2) is 4.98 Å². The summed E-state index contributed by atoms with van der Waals surface area (Å²) in [5, 5.41) is 10.2. The van der Waals surface area contributed by atoms with E-state index in [0.29, 0.717) is 0 Å². The standard InChI is InChI=1S/C11H10N2O3S/c1-8-10(7-16-13(14)15)17-11(12-8)9-5-3-2-4-6-9/h2-6H,7H2,1H3. The maximum atomic E-state index is 10.1. The molecule has 1 heterocycles. The van der Waals surface area contributed by atoms with Crippen LogP contribution in [0.15, 0.2) is 30.3 Å². The van der Waals surface area contributed by atoms with E-state index in [1.807, 2.05) is 37.3 Å². The molecule has 0 bridgehead atoms. The Hall–Kier alpha value is -1.95. The molecule has 17 heavy (non-hydrogen) atoms. The van der Waals surface area contributed by atoms with Gasteiger partial charge in [-0.1, -0.05) is 30.3 Å². The second-order valence-corrected chi connectivity index (χ2v) is 4.47. The summed E-state index contributed by atoms with van der Waals surface area (Å²) in [5.74, 6) is 0. The quantitative estimate of drug-likeness (QED) is 0.618. The van der Waals surface area contributed by atoms with Crippen LogP contribution in [0, 0.1) is 17.0 Å². The molecule has 0 unspecified atom stereocenters. The number of aryl methyl sites for hydroxylation is 1. The van der Waals surface area contributed by atoms with Gasteiger partial charge in [0.2, 0.25) is 0 Å². The van der Waals surface area contributed by atoms with E-state index in [1.165, 1.54) is 11.3 Å². The molecule has 0 amide bonds. The van der Waals surface area contributed by atoms with Crippen LogP contribution in [0.25, 0.3) is 10.6 Å². The molecule has 0 aliphatic carbocycles. The Morgan fingerprint density at radius 2 is 2.12 bits per heavy atom. The summed E-state index contributed by atoms with van der Waals surface area (Å²) < 4.78 is 0. The van der Waals surface area contributed by atoms with E-state index < -0.39 is 5.09 Å². The molecule has 0 N–H and O–H groups in total. The number of hydrogen-bond donors (Lipinski definition) is 0. The van der Waals surface area contributed by atoms with E-state index in [2.05, 4.69) is 9.82 Å². The van der Waals surface area contributed by atoms with Crippen LogP contribution in [-0.4, -0.2) is 10.1 Å². The number of rotatable bonds is 4. The SMILES string of the molecule is Cc1nc(-c2ccccc2)sc1CO[N+](=O)[O-]. The summed E-state index contributed by atoms with van der Waals surface area (Å²) in [5.41, 5.74) is 1.78. The third-order valence-electron chi connectivity index (χ3n) is 2.21. The molecule has 2 rings (SSSR count). The molecule has 0 saturated heterocycles. The van der Waals surface area contributed by atoms with Crippen LogP contribution in [0.5, 0.6) is 0 Å². The molecule has 0 atom stereocenters. The average molecular weight is 250 g/mol. The molecule has 1 aromatic carbocycles. The van der Waals surface area contributed by atoms with Crippen molar-refractivity contribution < 1.29 is 9.92 Å². The highest BCUT2D eigenvalue weighted by atomic mass is 32.1. The van der Waals surface area contributed by atoms with Crippen molar-refractivity contribution in [3.05, 3.63) is 51.0 Å². The second-order valence-electron chi connectivity index (χ2n) is 3.39. The minimum Gasteiger partial charge on any atom is -0.308 e. The van der Waals surface area contributed by atoms with E-state index in [1.54, 1.807) is 0 Å². The third-order valence-corrected chi connectivity index (χ3v) is 3.39. The summed E-state index contributed by atoms with van der Waals surface area (Å²) in [6, 6.07) is 9.70. The van der Waals surface area contributed by atoms with Gasteiger partial charge in [-0.15, -0.1) is 21.5 Å². The van der Waals surface area contributed by atoms with Crippen molar-refractivity contribution in [2.24, 2.45) is 0 Å². The average Bonchev–Trinajstić information content (AvgIpc) is 2.69. The number of hydrogen-bond acceptors (Lipinski definition) is 5. The number of thiazole rings is 1. The first-order valence-electron chi connectivity index (χ1n) is 4.96. The van der Waals surface area contributed by atoms with E-state index in [4.69, 9.17) is 0 Å². The zero-order valence-corrected chi connectivity index (χ0v) is 9.94. The van der Waals surface area contributed by atoms with Gasteiger partial charge in [0, 0.05) is 5.56 Å². The van der Waals surface area contributed by atoms with Crippen LogP contribution in [0.4, 0.5) is 0 Å². The first kappa shape index (κ1) is 11.5.